The quantitative estimate of drug-likeness (QED) is 0.630. The van der Waals surface area contributed by atoms with E-state index in [4.69, 9.17) is 9.47 Å². The van der Waals surface area contributed by atoms with Crippen LogP contribution in [0.25, 0.3) is 11.1 Å². The largest absolute Gasteiger partial charge is 0.490 e. The number of aliphatic hydroxyl groups excluding tert-OH is 1. The summed E-state index contributed by atoms with van der Waals surface area (Å²) in [5.74, 6) is 0.203. The molecule has 120 valence electrons. The molecule has 0 fully saturated rings. The van der Waals surface area contributed by atoms with E-state index in [0.29, 0.717) is 5.75 Å². The second-order valence-corrected chi connectivity index (χ2v) is 4.96. The van der Waals surface area contributed by atoms with Crippen molar-refractivity contribution in [2.45, 2.75) is 13.0 Å². The Kier molecular flexibility index (Phi) is 6.39. The molecule has 0 bridgehead atoms. The van der Waals surface area contributed by atoms with Gasteiger partial charge >= 0.3 is 5.97 Å². The van der Waals surface area contributed by atoms with Crippen molar-refractivity contribution in [2.24, 2.45) is 0 Å². The summed E-state index contributed by atoms with van der Waals surface area (Å²) in [5, 5.41) is 9.86. The summed E-state index contributed by atoms with van der Waals surface area (Å²) in [6, 6.07) is 17.5. The highest BCUT2D eigenvalue weighted by atomic mass is 16.5. The topological polar surface area (TPSA) is 55.8 Å². The van der Waals surface area contributed by atoms with Crippen molar-refractivity contribution < 1.29 is 19.4 Å². The SMILES string of the molecule is CC=CC(=O)OCC(O)COc1ccccc1-c1ccccc1. The van der Waals surface area contributed by atoms with Crippen LogP contribution in [0, 0.1) is 0 Å². The molecule has 0 aliphatic rings. The van der Waals surface area contributed by atoms with Crippen molar-refractivity contribution in [3.05, 3.63) is 66.7 Å². The van der Waals surface area contributed by atoms with E-state index in [1.807, 2.05) is 54.6 Å². The zero-order valence-corrected chi connectivity index (χ0v) is 13.0. The number of hydrogen-bond donors (Lipinski definition) is 1. The highest BCUT2D eigenvalue weighted by molar-refractivity contribution is 5.81. The van der Waals surface area contributed by atoms with Crippen LogP contribution < -0.4 is 4.74 Å². The zero-order valence-electron chi connectivity index (χ0n) is 13.0. The maximum absolute atomic E-state index is 11.2. The zero-order chi connectivity index (χ0) is 16.5. The number of benzene rings is 2. The van der Waals surface area contributed by atoms with Crippen LogP contribution in [-0.4, -0.2) is 30.4 Å². The van der Waals surface area contributed by atoms with Gasteiger partial charge in [0.05, 0.1) is 0 Å². The molecule has 23 heavy (non-hydrogen) atoms. The fourth-order valence-corrected chi connectivity index (χ4v) is 2.05. The molecule has 0 saturated carbocycles. The average molecular weight is 312 g/mol. The number of allylic oxidation sites excluding steroid dienone is 1. The predicted molar refractivity (Wildman–Crippen MR) is 89.2 cm³/mol. The molecule has 0 radical (unpaired) electrons. The van der Waals surface area contributed by atoms with Crippen LogP contribution in [-0.2, 0) is 9.53 Å². The third kappa shape index (κ3) is 5.27. The third-order valence-corrected chi connectivity index (χ3v) is 3.12. The normalized spacial score (nSPS) is 12.1. The Morgan fingerprint density at radius 2 is 1.78 bits per heavy atom. The lowest BCUT2D eigenvalue weighted by Gasteiger charge is -2.15. The van der Waals surface area contributed by atoms with Gasteiger partial charge in [-0.15, -0.1) is 0 Å². The molecule has 2 aromatic carbocycles. The molecule has 4 nitrogen and oxygen atoms in total. The van der Waals surface area contributed by atoms with Crippen molar-refractivity contribution >= 4 is 5.97 Å². The molecule has 1 N–H and O–H groups in total. The first-order valence-corrected chi connectivity index (χ1v) is 7.45. The van der Waals surface area contributed by atoms with Crippen molar-refractivity contribution in [1.82, 2.24) is 0 Å². The van der Waals surface area contributed by atoms with Crippen LogP contribution >= 0.6 is 0 Å². The standard InChI is InChI=1S/C19H20O4/c1-2-8-19(21)23-14-16(20)13-22-18-12-7-6-11-17(18)15-9-4-3-5-10-15/h2-12,16,20H,13-14H2,1H3. The Morgan fingerprint density at radius 3 is 2.52 bits per heavy atom. The second-order valence-electron chi connectivity index (χ2n) is 4.96. The van der Waals surface area contributed by atoms with Crippen LogP contribution in [0.1, 0.15) is 6.92 Å². The number of carbonyl (C=O) groups excluding carboxylic acids is 1. The molecular weight excluding hydrogens is 292 g/mol. The van der Waals surface area contributed by atoms with E-state index < -0.39 is 12.1 Å². The maximum Gasteiger partial charge on any atom is 0.330 e. The molecule has 4 heteroatoms. The molecule has 0 aromatic heterocycles. The first kappa shape index (κ1) is 16.8. The monoisotopic (exact) mass is 312 g/mol. The van der Waals surface area contributed by atoms with Crippen LogP contribution in [0.5, 0.6) is 5.75 Å². The minimum absolute atomic E-state index is 0.0486. The Balaban J connectivity index is 1.95. The van der Waals surface area contributed by atoms with E-state index in [1.165, 1.54) is 6.08 Å². The number of aliphatic hydroxyl groups is 1. The summed E-state index contributed by atoms with van der Waals surface area (Å²) in [4.78, 5) is 11.2. The van der Waals surface area contributed by atoms with Gasteiger partial charge in [0.2, 0.25) is 0 Å². The van der Waals surface area contributed by atoms with E-state index in [2.05, 4.69) is 0 Å². The number of carbonyl (C=O) groups is 1. The van der Waals surface area contributed by atoms with E-state index >= 15 is 0 Å². The van der Waals surface area contributed by atoms with Gasteiger partial charge in [0.25, 0.3) is 0 Å². The Hall–Kier alpha value is -2.59. The minimum Gasteiger partial charge on any atom is -0.490 e. The number of rotatable bonds is 7. The molecule has 0 aliphatic heterocycles. The van der Waals surface area contributed by atoms with Crippen molar-refractivity contribution in [1.29, 1.82) is 0 Å². The first-order chi connectivity index (χ1) is 11.2. The molecule has 1 atom stereocenters. The van der Waals surface area contributed by atoms with Gasteiger partial charge in [-0.25, -0.2) is 4.79 Å². The van der Waals surface area contributed by atoms with Crippen LogP contribution in [0.4, 0.5) is 0 Å². The first-order valence-electron chi connectivity index (χ1n) is 7.45. The van der Waals surface area contributed by atoms with Gasteiger partial charge < -0.3 is 14.6 Å². The number of para-hydroxylation sites is 1. The molecule has 0 amide bonds. The van der Waals surface area contributed by atoms with Crippen LogP contribution in [0.2, 0.25) is 0 Å². The lowest BCUT2D eigenvalue weighted by molar-refractivity contribution is -0.141. The lowest BCUT2D eigenvalue weighted by atomic mass is 10.1. The maximum atomic E-state index is 11.2. The number of hydrogen-bond acceptors (Lipinski definition) is 4. The van der Waals surface area contributed by atoms with Gasteiger partial charge in [-0.1, -0.05) is 54.6 Å². The second kappa shape index (κ2) is 8.76. The highest BCUT2D eigenvalue weighted by Crippen LogP contribution is 2.29. The van der Waals surface area contributed by atoms with E-state index in [1.54, 1.807) is 13.0 Å². The Labute approximate surface area is 136 Å². The average Bonchev–Trinajstić information content (AvgIpc) is 2.59. The summed E-state index contributed by atoms with van der Waals surface area (Å²) in [7, 11) is 0. The van der Waals surface area contributed by atoms with Crippen molar-refractivity contribution in [2.75, 3.05) is 13.2 Å². The third-order valence-electron chi connectivity index (χ3n) is 3.12. The number of ether oxygens (including phenoxy) is 2. The molecule has 0 aliphatic carbocycles. The molecule has 0 spiro atoms. The summed E-state index contributed by atoms with van der Waals surface area (Å²) in [5.41, 5.74) is 1.99. The smallest absolute Gasteiger partial charge is 0.330 e. The van der Waals surface area contributed by atoms with Gasteiger partial charge in [0.1, 0.15) is 25.1 Å². The van der Waals surface area contributed by atoms with Crippen molar-refractivity contribution in [3.63, 3.8) is 0 Å². The van der Waals surface area contributed by atoms with E-state index in [-0.39, 0.29) is 13.2 Å². The van der Waals surface area contributed by atoms with Crippen LogP contribution in [0.3, 0.4) is 0 Å². The fourth-order valence-electron chi connectivity index (χ4n) is 2.05. The van der Waals surface area contributed by atoms with E-state index in [9.17, 15) is 9.90 Å². The Morgan fingerprint density at radius 1 is 1.09 bits per heavy atom. The predicted octanol–water partition coefficient (Wildman–Crippen LogP) is 3.21. The number of esters is 1. The minimum atomic E-state index is -0.881. The van der Waals surface area contributed by atoms with Gasteiger partial charge in [0.15, 0.2) is 0 Å². The van der Waals surface area contributed by atoms with Gasteiger partial charge in [-0.3, -0.25) is 0 Å². The molecule has 1 unspecified atom stereocenters. The summed E-state index contributed by atoms with van der Waals surface area (Å²) in [6.45, 7) is 1.67. The molecule has 0 heterocycles. The summed E-state index contributed by atoms with van der Waals surface area (Å²) >= 11 is 0. The summed E-state index contributed by atoms with van der Waals surface area (Å²) < 4.78 is 10.6. The molecule has 0 saturated heterocycles. The summed E-state index contributed by atoms with van der Waals surface area (Å²) in [6.07, 6.45) is 2.01. The fraction of sp³-hybridized carbons (Fsp3) is 0.211. The van der Waals surface area contributed by atoms with Gasteiger partial charge in [-0.2, -0.15) is 0 Å². The molecule has 2 rings (SSSR count). The Bertz CT molecular complexity index is 649. The highest BCUT2D eigenvalue weighted by Gasteiger charge is 2.10. The molecular formula is C19H20O4. The molecule has 2 aromatic rings. The van der Waals surface area contributed by atoms with Gasteiger partial charge in [-0.05, 0) is 18.6 Å². The van der Waals surface area contributed by atoms with E-state index in [0.717, 1.165) is 11.1 Å². The van der Waals surface area contributed by atoms with Gasteiger partial charge in [0, 0.05) is 11.6 Å². The van der Waals surface area contributed by atoms with Crippen LogP contribution in [0.15, 0.2) is 66.7 Å². The van der Waals surface area contributed by atoms with Crippen molar-refractivity contribution in [3.8, 4) is 16.9 Å². The lowest BCUT2D eigenvalue weighted by Crippen LogP contribution is -2.24.